The number of amides is 1. The lowest BCUT2D eigenvalue weighted by atomic mass is 10.0. The maximum Gasteiger partial charge on any atom is 0.243 e. The van der Waals surface area contributed by atoms with E-state index in [2.05, 4.69) is 11.9 Å². The minimum atomic E-state index is -0.190. The molecular weight excluding hydrogens is 314 g/mol. The van der Waals surface area contributed by atoms with Gasteiger partial charge in [0.2, 0.25) is 5.91 Å². The molecule has 0 aromatic heterocycles. The molecule has 0 aliphatic carbocycles. The van der Waals surface area contributed by atoms with Gasteiger partial charge < -0.3 is 14.8 Å². The highest BCUT2D eigenvalue weighted by Crippen LogP contribution is 2.36. The van der Waals surface area contributed by atoms with Crippen molar-refractivity contribution in [3.8, 4) is 17.2 Å². The molecule has 2 aromatic rings. The van der Waals surface area contributed by atoms with Crippen LogP contribution < -0.4 is 14.8 Å². The molecule has 3 rings (SSSR count). The van der Waals surface area contributed by atoms with Crippen molar-refractivity contribution >= 4 is 17.5 Å². The fourth-order valence-electron chi connectivity index (χ4n) is 2.45. The number of nitrogens with one attached hydrogen (secondary N) is 1. The number of carbonyl (C=O) groups is 1. The molecule has 0 radical (unpaired) electrons. The quantitative estimate of drug-likeness (QED) is 0.853. The molecule has 118 valence electrons. The Labute approximate surface area is 139 Å². The molecule has 1 N–H and O–H groups in total. The second kappa shape index (κ2) is 6.75. The van der Waals surface area contributed by atoms with Crippen LogP contribution in [-0.4, -0.2) is 12.5 Å². The van der Waals surface area contributed by atoms with Crippen LogP contribution in [0.4, 0.5) is 0 Å². The van der Waals surface area contributed by atoms with Crippen LogP contribution in [-0.2, 0) is 4.79 Å². The Kier molecular flexibility index (Phi) is 4.53. The Morgan fingerprint density at radius 2 is 2.00 bits per heavy atom. The third kappa shape index (κ3) is 3.66. The molecule has 0 bridgehead atoms. The van der Waals surface area contributed by atoms with E-state index in [1.165, 1.54) is 6.08 Å². The molecule has 1 unspecified atom stereocenters. The van der Waals surface area contributed by atoms with E-state index in [0.717, 1.165) is 17.7 Å². The van der Waals surface area contributed by atoms with Gasteiger partial charge in [-0.15, -0.1) is 0 Å². The molecule has 0 saturated heterocycles. The number of fused-ring (bicyclic) bond motifs is 1. The number of halogens is 1. The summed E-state index contributed by atoms with van der Waals surface area (Å²) in [6, 6.07) is 12.7. The average molecular weight is 330 g/mol. The molecule has 23 heavy (non-hydrogen) atoms. The predicted molar refractivity (Wildman–Crippen MR) is 89.2 cm³/mol. The second-order valence-electron chi connectivity index (χ2n) is 5.16. The van der Waals surface area contributed by atoms with Crippen molar-refractivity contribution in [1.29, 1.82) is 0 Å². The molecule has 1 amide bonds. The largest absolute Gasteiger partial charge is 0.493 e. The summed E-state index contributed by atoms with van der Waals surface area (Å²) >= 11 is 5.86. The Balaban J connectivity index is 1.80. The van der Waals surface area contributed by atoms with Crippen molar-refractivity contribution in [1.82, 2.24) is 5.32 Å². The molecule has 5 heteroatoms. The lowest BCUT2D eigenvalue weighted by Crippen LogP contribution is -2.30. The van der Waals surface area contributed by atoms with Crippen LogP contribution in [0.25, 0.3) is 0 Å². The monoisotopic (exact) mass is 329 g/mol. The highest BCUT2D eigenvalue weighted by molar-refractivity contribution is 6.30. The first-order valence-electron chi connectivity index (χ1n) is 7.29. The number of rotatable bonds is 4. The Morgan fingerprint density at radius 1 is 1.26 bits per heavy atom. The molecule has 4 nitrogen and oxygen atoms in total. The third-order valence-corrected chi connectivity index (χ3v) is 3.83. The van der Waals surface area contributed by atoms with Crippen LogP contribution in [0.5, 0.6) is 17.2 Å². The number of carbonyl (C=O) groups excluding carboxylic acids is 1. The smallest absolute Gasteiger partial charge is 0.243 e. The average Bonchev–Trinajstić information content (AvgIpc) is 2.57. The number of benzene rings is 2. The van der Waals surface area contributed by atoms with Gasteiger partial charge in [0.25, 0.3) is 0 Å². The molecular formula is C18H16ClNO3. The minimum absolute atomic E-state index is 0.0752. The van der Waals surface area contributed by atoms with Crippen LogP contribution in [0.15, 0.2) is 55.1 Å². The van der Waals surface area contributed by atoms with Gasteiger partial charge >= 0.3 is 0 Å². The first kappa shape index (κ1) is 15.4. The van der Waals surface area contributed by atoms with E-state index >= 15 is 0 Å². The zero-order valence-corrected chi connectivity index (χ0v) is 13.2. The minimum Gasteiger partial charge on any atom is -0.493 e. The van der Waals surface area contributed by atoms with E-state index in [4.69, 9.17) is 21.1 Å². The van der Waals surface area contributed by atoms with Gasteiger partial charge in [-0.2, -0.15) is 0 Å². The Hall–Kier alpha value is -2.46. The molecule has 0 spiro atoms. The number of ether oxygens (including phenoxy) is 2. The summed E-state index contributed by atoms with van der Waals surface area (Å²) < 4.78 is 11.5. The summed E-state index contributed by atoms with van der Waals surface area (Å²) in [6.07, 6.45) is 2.00. The fraction of sp³-hybridized carbons (Fsp3) is 0.167. The lowest BCUT2D eigenvalue weighted by molar-refractivity contribution is -0.117. The highest BCUT2D eigenvalue weighted by Gasteiger charge is 2.23. The van der Waals surface area contributed by atoms with Gasteiger partial charge in [-0.3, -0.25) is 4.79 Å². The van der Waals surface area contributed by atoms with Gasteiger partial charge in [-0.25, -0.2) is 0 Å². The van der Waals surface area contributed by atoms with Crippen LogP contribution >= 0.6 is 11.6 Å². The zero-order chi connectivity index (χ0) is 16.2. The molecule has 1 aliphatic heterocycles. The van der Waals surface area contributed by atoms with Crippen molar-refractivity contribution in [2.75, 3.05) is 6.61 Å². The third-order valence-electron chi connectivity index (χ3n) is 3.58. The zero-order valence-electron chi connectivity index (χ0n) is 12.4. The van der Waals surface area contributed by atoms with E-state index in [1.807, 2.05) is 18.2 Å². The highest BCUT2D eigenvalue weighted by atomic mass is 35.5. The molecule has 1 atom stereocenters. The lowest BCUT2D eigenvalue weighted by Gasteiger charge is -2.26. The van der Waals surface area contributed by atoms with Gasteiger partial charge in [0, 0.05) is 23.1 Å². The summed E-state index contributed by atoms with van der Waals surface area (Å²) in [6.45, 7) is 4.02. The molecule has 1 aliphatic rings. The topological polar surface area (TPSA) is 47.6 Å². The summed E-state index contributed by atoms with van der Waals surface area (Å²) in [5.41, 5.74) is 0.940. The second-order valence-corrected chi connectivity index (χ2v) is 5.59. The predicted octanol–water partition coefficient (Wildman–Crippen LogP) is 4.26. The normalized spacial score (nSPS) is 16.0. The van der Waals surface area contributed by atoms with Crippen LogP contribution in [0.1, 0.15) is 18.0 Å². The van der Waals surface area contributed by atoms with Gasteiger partial charge in [-0.1, -0.05) is 18.2 Å². The molecule has 0 fully saturated rings. The van der Waals surface area contributed by atoms with Crippen molar-refractivity contribution in [3.05, 3.63) is 65.7 Å². The maximum absolute atomic E-state index is 11.5. The van der Waals surface area contributed by atoms with Gasteiger partial charge in [0.1, 0.15) is 17.2 Å². The van der Waals surface area contributed by atoms with Crippen LogP contribution in [0, 0.1) is 0 Å². The summed E-state index contributed by atoms with van der Waals surface area (Å²) in [7, 11) is 0. The first-order valence-corrected chi connectivity index (χ1v) is 7.66. The number of hydrogen-bond acceptors (Lipinski definition) is 3. The molecule has 0 saturated carbocycles. The van der Waals surface area contributed by atoms with Crippen molar-refractivity contribution in [2.45, 2.75) is 12.5 Å². The van der Waals surface area contributed by atoms with E-state index in [-0.39, 0.29) is 11.9 Å². The van der Waals surface area contributed by atoms with Crippen molar-refractivity contribution in [3.63, 3.8) is 0 Å². The standard InChI is InChI=1S/C18H16ClNO3/c1-2-18(21)20-16-9-10-22-17-11-14(7-8-15(16)17)23-13-5-3-12(19)4-6-13/h2-8,11,16H,1,9-10H2,(H,20,21). The SMILES string of the molecule is C=CC(=O)NC1CCOc2cc(Oc3ccc(Cl)cc3)ccc21. The molecule has 2 aromatic carbocycles. The Bertz CT molecular complexity index is 728. The summed E-state index contributed by atoms with van der Waals surface area (Å²) in [5.74, 6) is 1.89. The summed E-state index contributed by atoms with van der Waals surface area (Å²) in [5, 5.41) is 3.57. The van der Waals surface area contributed by atoms with Gasteiger partial charge in [0.05, 0.1) is 12.6 Å². The van der Waals surface area contributed by atoms with Gasteiger partial charge in [0.15, 0.2) is 0 Å². The van der Waals surface area contributed by atoms with Gasteiger partial charge in [-0.05, 0) is 42.5 Å². The number of hydrogen-bond donors (Lipinski definition) is 1. The summed E-state index contributed by atoms with van der Waals surface area (Å²) in [4.78, 5) is 11.5. The van der Waals surface area contributed by atoms with E-state index in [1.54, 1.807) is 24.3 Å². The van der Waals surface area contributed by atoms with E-state index < -0.39 is 0 Å². The maximum atomic E-state index is 11.5. The van der Waals surface area contributed by atoms with Crippen molar-refractivity contribution < 1.29 is 14.3 Å². The van der Waals surface area contributed by atoms with Crippen molar-refractivity contribution in [2.24, 2.45) is 0 Å². The fourth-order valence-corrected chi connectivity index (χ4v) is 2.58. The van der Waals surface area contributed by atoms with Crippen LogP contribution in [0.3, 0.4) is 0 Å². The Morgan fingerprint density at radius 3 is 2.74 bits per heavy atom. The van der Waals surface area contributed by atoms with Crippen LogP contribution in [0.2, 0.25) is 5.02 Å². The molecule has 1 heterocycles. The van der Waals surface area contributed by atoms with E-state index in [0.29, 0.717) is 23.1 Å². The first-order chi connectivity index (χ1) is 11.2. The van der Waals surface area contributed by atoms with E-state index in [9.17, 15) is 4.79 Å².